The van der Waals surface area contributed by atoms with E-state index in [0.717, 1.165) is 4.88 Å². The molecule has 0 bridgehead atoms. The molecule has 6 nitrogen and oxygen atoms in total. The lowest BCUT2D eigenvalue weighted by molar-refractivity contribution is 0.0907. The van der Waals surface area contributed by atoms with Crippen molar-refractivity contribution in [2.75, 3.05) is 6.61 Å². The summed E-state index contributed by atoms with van der Waals surface area (Å²) in [7, 11) is 0. The number of aliphatic hydroxyl groups excluding tert-OH is 1. The van der Waals surface area contributed by atoms with Crippen molar-refractivity contribution in [1.82, 2.24) is 15.5 Å². The van der Waals surface area contributed by atoms with E-state index in [2.05, 4.69) is 15.5 Å². The fraction of sp³-hybridized carbons (Fsp3) is 0.462. The van der Waals surface area contributed by atoms with Crippen LogP contribution in [0.15, 0.2) is 22.3 Å². The number of aromatic nitrogens is 2. The fourth-order valence-corrected chi connectivity index (χ4v) is 2.35. The van der Waals surface area contributed by atoms with Gasteiger partial charge in [0.2, 0.25) is 0 Å². The zero-order valence-corrected chi connectivity index (χ0v) is 12.2. The van der Waals surface area contributed by atoms with Crippen molar-refractivity contribution in [2.24, 2.45) is 0 Å². The first kappa shape index (κ1) is 14.7. The molecule has 7 heteroatoms. The summed E-state index contributed by atoms with van der Waals surface area (Å²) in [5.74, 6) is 0.497. The van der Waals surface area contributed by atoms with Crippen LogP contribution < -0.4 is 5.32 Å². The molecular weight excluding hydrogens is 278 g/mol. The van der Waals surface area contributed by atoms with Gasteiger partial charge >= 0.3 is 0 Å². The lowest BCUT2D eigenvalue weighted by atomic mass is 10.1. The van der Waals surface area contributed by atoms with E-state index in [-0.39, 0.29) is 30.2 Å². The Kier molecular flexibility index (Phi) is 4.86. The number of aliphatic hydroxyl groups is 1. The summed E-state index contributed by atoms with van der Waals surface area (Å²) in [6.07, 6.45) is 2.27. The van der Waals surface area contributed by atoms with Crippen molar-refractivity contribution in [2.45, 2.75) is 32.2 Å². The van der Waals surface area contributed by atoms with Gasteiger partial charge in [-0.25, -0.2) is 0 Å². The molecule has 0 aromatic carbocycles. The van der Waals surface area contributed by atoms with Gasteiger partial charge in [-0.15, -0.1) is 11.3 Å². The zero-order valence-electron chi connectivity index (χ0n) is 11.4. The number of nitrogens with one attached hydrogen (secondary N) is 1. The molecule has 0 fully saturated rings. The molecular formula is C13H17N3O3S. The van der Waals surface area contributed by atoms with E-state index in [1.807, 2.05) is 13.8 Å². The molecule has 2 heterocycles. The van der Waals surface area contributed by atoms with E-state index in [0.29, 0.717) is 12.2 Å². The third kappa shape index (κ3) is 3.64. The average Bonchev–Trinajstić information content (AvgIpc) is 3.08. The molecule has 2 aromatic heterocycles. The minimum Gasteiger partial charge on any atom is -0.394 e. The summed E-state index contributed by atoms with van der Waals surface area (Å²) in [6.45, 7) is 3.78. The Morgan fingerprint density at radius 3 is 2.90 bits per heavy atom. The van der Waals surface area contributed by atoms with Crippen LogP contribution >= 0.6 is 11.3 Å². The van der Waals surface area contributed by atoms with Crippen molar-refractivity contribution >= 4 is 17.2 Å². The van der Waals surface area contributed by atoms with E-state index in [4.69, 9.17) is 4.52 Å². The van der Waals surface area contributed by atoms with Crippen molar-refractivity contribution in [3.8, 4) is 0 Å². The van der Waals surface area contributed by atoms with Crippen molar-refractivity contribution in [3.63, 3.8) is 0 Å². The molecule has 2 rings (SSSR count). The van der Waals surface area contributed by atoms with Crippen LogP contribution in [-0.4, -0.2) is 33.8 Å². The molecule has 0 radical (unpaired) electrons. The molecule has 2 aromatic rings. The largest absolute Gasteiger partial charge is 0.394 e. The smallest absolute Gasteiger partial charge is 0.273 e. The lowest BCUT2D eigenvalue weighted by Gasteiger charge is -2.13. The number of amides is 1. The summed E-state index contributed by atoms with van der Waals surface area (Å²) in [5, 5.41) is 15.8. The number of carbonyl (C=O) groups excluding carboxylic acids is 1. The SMILES string of the molecule is CC(C)c1cc(C(=O)N[C@H](CO)Cc2cncs2)no1. The first-order valence-electron chi connectivity index (χ1n) is 6.36. The normalized spacial score (nSPS) is 12.6. The second kappa shape index (κ2) is 6.62. The fourth-order valence-electron chi connectivity index (χ4n) is 1.67. The van der Waals surface area contributed by atoms with Crippen LogP contribution in [0.5, 0.6) is 0 Å². The van der Waals surface area contributed by atoms with Crippen molar-refractivity contribution in [1.29, 1.82) is 0 Å². The summed E-state index contributed by atoms with van der Waals surface area (Å²) >= 11 is 1.49. The minimum atomic E-state index is -0.359. The number of carbonyl (C=O) groups is 1. The van der Waals surface area contributed by atoms with Gasteiger partial charge in [-0.3, -0.25) is 9.78 Å². The van der Waals surface area contributed by atoms with Gasteiger partial charge < -0.3 is 14.9 Å². The topological polar surface area (TPSA) is 88.2 Å². The van der Waals surface area contributed by atoms with E-state index >= 15 is 0 Å². The molecule has 20 heavy (non-hydrogen) atoms. The predicted octanol–water partition coefficient (Wildman–Crippen LogP) is 1.59. The van der Waals surface area contributed by atoms with Gasteiger partial charge in [0.25, 0.3) is 5.91 Å². The summed E-state index contributed by atoms with van der Waals surface area (Å²) < 4.78 is 5.09. The second-order valence-corrected chi connectivity index (χ2v) is 5.76. The molecule has 0 unspecified atom stereocenters. The Balaban J connectivity index is 1.97. The molecule has 0 spiro atoms. The van der Waals surface area contributed by atoms with Gasteiger partial charge in [0.05, 0.1) is 18.2 Å². The Labute approximate surface area is 120 Å². The Morgan fingerprint density at radius 2 is 2.35 bits per heavy atom. The maximum Gasteiger partial charge on any atom is 0.273 e. The summed E-state index contributed by atoms with van der Waals surface area (Å²) in [6, 6.07) is 1.27. The second-order valence-electron chi connectivity index (χ2n) is 4.79. The zero-order chi connectivity index (χ0) is 14.5. The average molecular weight is 295 g/mol. The summed E-state index contributed by atoms with van der Waals surface area (Å²) in [4.78, 5) is 17.0. The standard InChI is InChI=1S/C13H17N3O3S/c1-8(2)12-4-11(16-19-12)13(18)15-9(6-17)3-10-5-14-7-20-10/h4-5,7-9,17H,3,6H2,1-2H3,(H,15,18)/t9-/m0/s1. The molecule has 1 amide bonds. The molecule has 0 aliphatic rings. The van der Waals surface area contributed by atoms with Gasteiger partial charge in [-0.05, 0) is 0 Å². The molecule has 0 saturated carbocycles. The number of hydrogen-bond donors (Lipinski definition) is 2. The van der Waals surface area contributed by atoms with Gasteiger partial charge in [0, 0.05) is 29.5 Å². The van der Waals surface area contributed by atoms with Crippen LogP contribution in [0.2, 0.25) is 0 Å². The van der Waals surface area contributed by atoms with Crippen molar-refractivity contribution in [3.05, 3.63) is 34.1 Å². The third-order valence-corrected chi connectivity index (χ3v) is 3.62. The van der Waals surface area contributed by atoms with Crippen LogP contribution in [0.3, 0.4) is 0 Å². The monoisotopic (exact) mass is 295 g/mol. The first-order chi connectivity index (χ1) is 9.60. The number of hydrogen-bond acceptors (Lipinski definition) is 6. The molecule has 2 N–H and O–H groups in total. The molecule has 1 atom stereocenters. The van der Waals surface area contributed by atoms with Gasteiger partial charge in [-0.2, -0.15) is 0 Å². The van der Waals surface area contributed by atoms with Crippen LogP contribution in [0, 0.1) is 0 Å². The van der Waals surface area contributed by atoms with Crippen LogP contribution in [0.25, 0.3) is 0 Å². The van der Waals surface area contributed by atoms with Crippen molar-refractivity contribution < 1.29 is 14.4 Å². The number of nitrogens with zero attached hydrogens (tertiary/aromatic N) is 2. The van der Waals surface area contributed by atoms with Gasteiger partial charge in [0.15, 0.2) is 5.69 Å². The van der Waals surface area contributed by atoms with Crippen LogP contribution in [0.4, 0.5) is 0 Å². The summed E-state index contributed by atoms with van der Waals surface area (Å²) in [5.41, 5.74) is 1.95. The van der Waals surface area contributed by atoms with Gasteiger partial charge in [-0.1, -0.05) is 19.0 Å². The maximum atomic E-state index is 12.0. The molecule has 0 aliphatic heterocycles. The Bertz CT molecular complexity index is 551. The Morgan fingerprint density at radius 1 is 1.55 bits per heavy atom. The van der Waals surface area contributed by atoms with Gasteiger partial charge in [0.1, 0.15) is 5.76 Å². The third-order valence-electron chi connectivity index (χ3n) is 2.82. The maximum absolute atomic E-state index is 12.0. The van der Waals surface area contributed by atoms with E-state index in [1.165, 1.54) is 11.3 Å². The molecule has 108 valence electrons. The lowest BCUT2D eigenvalue weighted by Crippen LogP contribution is -2.39. The highest BCUT2D eigenvalue weighted by Crippen LogP contribution is 2.15. The van der Waals surface area contributed by atoms with E-state index < -0.39 is 0 Å². The highest BCUT2D eigenvalue weighted by molar-refractivity contribution is 7.09. The quantitative estimate of drug-likeness (QED) is 0.845. The van der Waals surface area contributed by atoms with E-state index in [1.54, 1.807) is 17.8 Å². The highest BCUT2D eigenvalue weighted by Gasteiger charge is 2.18. The number of rotatable bonds is 6. The van der Waals surface area contributed by atoms with Crippen LogP contribution in [0.1, 0.15) is 40.9 Å². The van der Waals surface area contributed by atoms with Crippen LogP contribution in [-0.2, 0) is 6.42 Å². The Hall–Kier alpha value is -1.73. The number of thiazole rings is 1. The van der Waals surface area contributed by atoms with E-state index in [9.17, 15) is 9.90 Å². The molecule has 0 aliphatic carbocycles. The predicted molar refractivity (Wildman–Crippen MR) is 74.8 cm³/mol. The highest BCUT2D eigenvalue weighted by atomic mass is 32.1. The molecule has 0 saturated heterocycles. The minimum absolute atomic E-state index is 0.140. The first-order valence-corrected chi connectivity index (χ1v) is 7.23.